The lowest BCUT2D eigenvalue weighted by Gasteiger charge is -1.99. The van der Waals surface area contributed by atoms with E-state index in [-0.39, 0.29) is 5.97 Å². The first-order chi connectivity index (χ1) is 8.79. The molecule has 94 valence electrons. The van der Waals surface area contributed by atoms with E-state index in [1.807, 2.05) is 31.3 Å². The maximum Gasteiger partial charge on any atom is 0.306 e. The van der Waals surface area contributed by atoms with Gasteiger partial charge in [0, 0.05) is 18.3 Å². The van der Waals surface area contributed by atoms with E-state index in [2.05, 4.69) is 23.2 Å². The molecule has 3 heteroatoms. The lowest BCUT2D eigenvalue weighted by Crippen LogP contribution is -2.04. The largest absolute Gasteiger partial charge is 0.466 e. The second kappa shape index (κ2) is 6.05. The van der Waals surface area contributed by atoms with Crippen LogP contribution in [0.2, 0.25) is 0 Å². The highest BCUT2D eigenvalue weighted by Crippen LogP contribution is 2.19. The van der Waals surface area contributed by atoms with E-state index >= 15 is 0 Å². The summed E-state index contributed by atoms with van der Waals surface area (Å²) in [5, 5.41) is 0. The molecule has 0 atom stereocenters. The molecule has 0 saturated heterocycles. The van der Waals surface area contributed by atoms with Crippen LogP contribution in [0.15, 0.2) is 42.6 Å². The fourth-order valence-electron chi connectivity index (χ4n) is 1.85. The van der Waals surface area contributed by atoms with E-state index in [1.165, 1.54) is 0 Å². The minimum absolute atomic E-state index is 0.139. The summed E-state index contributed by atoms with van der Waals surface area (Å²) in [6, 6.07) is 12.2. The molecule has 2 rings (SSSR count). The van der Waals surface area contributed by atoms with Crippen LogP contribution in [0.3, 0.4) is 0 Å². The van der Waals surface area contributed by atoms with Gasteiger partial charge in [0.15, 0.2) is 0 Å². The van der Waals surface area contributed by atoms with Crippen LogP contribution in [0.4, 0.5) is 0 Å². The number of carbonyl (C=O) groups excluding carboxylic acids is 1. The zero-order valence-electron chi connectivity index (χ0n) is 10.5. The van der Waals surface area contributed by atoms with Gasteiger partial charge in [-0.25, -0.2) is 0 Å². The highest BCUT2D eigenvalue weighted by molar-refractivity contribution is 5.70. The Labute approximate surface area is 107 Å². The number of carbonyl (C=O) groups is 1. The maximum absolute atomic E-state index is 11.3. The van der Waals surface area contributed by atoms with Crippen molar-refractivity contribution in [1.82, 2.24) is 4.98 Å². The Balaban J connectivity index is 1.97. The minimum atomic E-state index is -0.139. The van der Waals surface area contributed by atoms with Crippen molar-refractivity contribution in [3.05, 3.63) is 48.2 Å². The number of aromatic amines is 1. The third-order valence-electron chi connectivity index (χ3n) is 2.75. The van der Waals surface area contributed by atoms with Gasteiger partial charge in [-0.15, -0.1) is 0 Å². The molecule has 0 bridgehead atoms. The fourth-order valence-corrected chi connectivity index (χ4v) is 1.85. The fraction of sp³-hybridized carbons (Fsp3) is 0.267. The molecule has 1 aromatic heterocycles. The molecular formula is C15H17NO2. The van der Waals surface area contributed by atoms with Crippen LogP contribution in [0, 0.1) is 0 Å². The zero-order chi connectivity index (χ0) is 12.8. The summed E-state index contributed by atoms with van der Waals surface area (Å²) in [7, 11) is 0. The number of rotatable bonds is 5. The molecule has 0 aliphatic heterocycles. The number of hydrogen-bond acceptors (Lipinski definition) is 2. The molecule has 1 heterocycles. The molecule has 3 nitrogen and oxygen atoms in total. The van der Waals surface area contributed by atoms with E-state index in [4.69, 9.17) is 4.74 Å². The zero-order valence-corrected chi connectivity index (χ0v) is 10.5. The van der Waals surface area contributed by atoms with Crippen molar-refractivity contribution in [3.8, 4) is 11.3 Å². The van der Waals surface area contributed by atoms with Gasteiger partial charge in [0.1, 0.15) is 0 Å². The quantitative estimate of drug-likeness (QED) is 0.819. The van der Waals surface area contributed by atoms with Gasteiger partial charge in [0.25, 0.3) is 0 Å². The van der Waals surface area contributed by atoms with E-state index < -0.39 is 0 Å². The summed E-state index contributed by atoms with van der Waals surface area (Å²) < 4.78 is 4.91. The van der Waals surface area contributed by atoms with Gasteiger partial charge in [-0.05, 0) is 30.5 Å². The maximum atomic E-state index is 11.3. The predicted molar refractivity (Wildman–Crippen MR) is 71.2 cm³/mol. The van der Waals surface area contributed by atoms with Crippen molar-refractivity contribution < 1.29 is 9.53 Å². The van der Waals surface area contributed by atoms with Crippen LogP contribution in [0.25, 0.3) is 11.3 Å². The van der Waals surface area contributed by atoms with E-state index in [0.717, 1.165) is 16.8 Å². The van der Waals surface area contributed by atoms with Crippen molar-refractivity contribution in [2.75, 3.05) is 6.61 Å². The smallest absolute Gasteiger partial charge is 0.306 e. The number of benzene rings is 1. The molecule has 1 N–H and O–H groups in total. The molecule has 0 aliphatic carbocycles. The second-order valence-corrected chi connectivity index (χ2v) is 4.09. The number of ether oxygens (including phenoxy) is 1. The highest BCUT2D eigenvalue weighted by atomic mass is 16.5. The Morgan fingerprint density at radius 1 is 1.28 bits per heavy atom. The molecule has 2 aromatic rings. The van der Waals surface area contributed by atoms with Crippen LogP contribution >= 0.6 is 0 Å². The minimum Gasteiger partial charge on any atom is -0.466 e. The van der Waals surface area contributed by atoms with Gasteiger partial charge in [0.2, 0.25) is 0 Å². The Morgan fingerprint density at radius 2 is 2.06 bits per heavy atom. The average molecular weight is 243 g/mol. The van der Waals surface area contributed by atoms with Crippen LogP contribution in [0.5, 0.6) is 0 Å². The molecule has 0 fully saturated rings. The number of H-pyrrole nitrogens is 1. The van der Waals surface area contributed by atoms with Gasteiger partial charge in [-0.3, -0.25) is 4.79 Å². The topological polar surface area (TPSA) is 42.1 Å². The first-order valence-electron chi connectivity index (χ1n) is 6.18. The first kappa shape index (κ1) is 12.4. The van der Waals surface area contributed by atoms with Crippen molar-refractivity contribution in [3.63, 3.8) is 0 Å². The number of nitrogens with one attached hydrogen (secondary N) is 1. The van der Waals surface area contributed by atoms with E-state index in [0.29, 0.717) is 19.4 Å². The third-order valence-corrected chi connectivity index (χ3v) is 2.75. The SMILES string of the molecule is CCOC(=O)CCc1c[nH]c(-c2ccccc2)c1. The Kier molecular flexibility index (Phi) is 4.18. The van der Waals surface area contributed by atoms with Crippen LogP contribution in [0.1, 0.15) is 18.9 Å². The summed E-state index contributed by atoms with van der Waals surface area (Å²) in [5.74, 6) is -0.139. The normalized spacial score (nSPS) is 10.3. The van der Waals surface area contributed by atoms with Crippen LogP contribution in [-0.2, 0) is 16.0 Å². The Morgan fingerprint density at radius 3 is 2.78 bits per heavy atom. The summed E-state index contributed by atoms with van der Waals surface area (Å²) in [4.78, 5) is 14.5. The van der Waals surface area contributed by atoms with Gasteiger partial charge in [0.05, 0.1) is 6.61 Å². The molecule has 18 heavy (non-hydrogen) atoms. The van der Waals surface area contributed by atoms with Gasteiger partial charge >= 0.3 is 5.97 Å². The molecule has 0 saturated carbocycles. The number of aryl methyl sites for hydroxylation is 1. The van der Waals surface area contributed by atoms with Crippen molar-refractivity contribution in [2.24, 2.45) is 0 Å². The van der Waals surface area contributed by atoms with Gasteiger partial charge < -0.3 is 9.72 Å². The monoisotopic (exact) mass is 243 g/mol. The molecule has 0 amide bonds. The second-order valence-electron chi connectivity index (χ2n) is 4.09. The summed E-state index contributed by atoms with van der Waals surface area (Å²) >= 11 is 0. The van der Waals surface area contributed by atoms with Gasteiger partial charge in [-0.1, -0.05) is 30.3 Å². The molecule has 0 spiro atoms. The van der Waals surface area contributed by atoms with Crippen LogP contribution in [-0.4, -0.2) is 17.6 Å². The first-order valence-corrected chi connectivity index (χ1v) is 6.18. The lowest BCUT2D eigenvalue weighted by atomic mass is 10.1. The highest BCUT2D eigenvalue weighted by Gasteiger charge is 2.05. The van der Waals surface area contributed by atoms with Crippen molar-refractivity contribution in [1.29, 1.82) is 0 Å². The Bertz CT molecular complexity index is 502. The Hall–Kier alpha value is -2.03. The third kappa shape index (κ3) is 3.23. The van der Waals surface area contributed by atoms with Gasteiger partial charge in [-0.2, -0.15) is 0 Å². The summed E-state index contributed by atoms with van der Waals surface area (Å²) in [5.41, 5.74) is 3.36. The van der Waals surface area contributed by atoms with E-state index in [1.54, 1.807) is 0 Å². The van der Waals surface area contributed by atoms with E-state index in [9.17, 15) is 4.79 Å². The number of esters is 1. The van der Waals surface area contributed by atoms with Crippen LogP contribution < -0.4 is 0 Å². The summed E-state index contributed by atoms with van der Waals surface area (Å²) in [6.07, 6.45) is 3.09. The standard InChI is InChI=1S/C15H17NO2/c1-2-18-15(17)9-8-12-10-14(16-11-12)13-6-4-3-5-7-13/h3-7,10-11,16H,2,8-9H2,1H3. The molecular weight excluding hydrogens is 226 g/mol. The number of aromatic nitrogens is 1. The van der Waals surface area contributed by atoms with Crippen molar-refractivity contribution in [2.45, 2.75) is 19.8 Å². The van der Waals surface area contributed by atoms with Crippen molar-refractivity contribution >= 4 is 5.97 Å². The molecule has 0 unspecified atom stereocenters. The average Bonchev–Trinajstić information content (AvgIpc) is 2.87. The summed E-state index contributed by atoms with van der Waals surface area (Å²) in [6.45, 7) is 2.27. The molecule has 0 radical (unpaired) electrons. The predicted octanol–water partition coefficient (Wildman–Crippen LogP) is 3.18. The molecule has 1 aromatic carbocycles. The number of hydrogen-bond donors (Lipinski definition) is 1. The lowest BCUT2D eigenvalue weighted by molar-refractivity contribution is -0.143. The molecule has 0 aliphatic rings.